The second-order valence-electron chi connectivity index (χ2n) is 5.84. The van der Waals surface area contributed by atoms with Gasteiger partial charge in [0.05, 0.1) is 6.04 Å². The van der Waals surface area contributed by atoms with Crippen molar-refractivity contribution < 1.29 is 0 Å². The third kappa shape index (κ3) is 3.64. The second-order valence-corrected chi connectivity index (χ2v) is 5.84. The maximum atomic E-state index is 3.62. The lowest BCUT2D eigenvalue weighted by atomic mass is 9.93. The van der Waals surface area contributed by atoms with Crippen molar-refractivity contribution in [1.29, 1.82) is 0 Å². The zero-order valence-corrected chi connectivity index (χ0v) is 13.8. The minimum Gasteiger partial charge on any atom is -0.378 e. The monoisotopic (exact) mass is 282 g/mol. The average molecular weight is 282 g/mol. The summed E-state index contributed by atoms with van der Waals surface area (Å²) < 4.78 is 0. The molecule has 0 amide bonds. The number of hydrogen-bond acceptors (Lipinski definition) is 2. The molecule has 0 heterocycles. The Balaban J connectivity index is 2.40. The third-order valence-corrected chi connectivity index (χ3v) is 3.90. The molecule has 0 aliphatic heterocycles. The van der Waals surface area contributed by atoms with Gasteiger partial charge in [0.2, 0.25) is 0 Å². The van der Waals surface area contributed by atoms with Gasteiger partial charge in [-0.2, -0.15) is 0 Å². The van der Waals surface area contributed by atoms with Gasteiger partial charge in [-0.05, 0) is 49.2 Å². The standard InChI is InChI=1S/C19H26N2/c1-6-20-19(18-13-14(2)7-8-15(18)3)16-9-11-17(12-10-16)21(4)5/h7-13,19-20H,6H2,1-5H3. The average Bonchev–Trinajstić information content (AvgIpc) is 2.48. The molecule has 0 radical (unpaired) electrons. The molecule has 2 aromatic rings. The van der Waals surface area contributed by atoms with Crippen LogP contribution >= 0.6 is 0 Å². The van der Waals surface area contributed by atoms with Crippen LogP contribution in [-0.2, 0) is 0 Å². The van der Waals surface area contributed by atoms with Crippen LogP contribution in [0.25, 0.3) is 0 Å². The summed E-state index contributed by atoms with van der Waals surface area (Å²) in [5, 5.41) is 3.62. The fraction of sp³-hybridized carbons (Fsp3) is 0.368. The highest BCUT2D eigenvalue weighted by molar-refractivity contribution is 5.48. The fourth-order valence-corrected chi connectivity index (χ4v) is 2.65. The fourth-order valence-electron chi connectivity index (χ4n) is 2.65. The molecule has 0 saturated carbocycles. The topological polar surface area (TPSA) is 15.3 Å². The minimum absolute atomic E-state index is 0.256. The van der Waals surface area contributed by atoms with Gasteiger partial charge in [0.25, 0.3) is 0 Å². The SMILES string of the molecule is CCNC(c1ccc(N(C)C)cc1)c1cc(C)ccc1C. The summed E-state index contributed by atoms with van der Waals surface area (Å²) in [6, 6.07) is 15.8. The molecule has 1 atom stereocenters. The van der Waals surface area contributed by atoms with Crippen molar-refractivity contribution in [2.24, 2.45) is 0 Å². The van der Waals surface area contributed by atoms with Gasteiger partial charge in [0.15, 0.2) is 0 Å². The van der Waals surface area contributed by atoms with Crippen molar-refractivity contribution >= 4 is 5.69 Å². The van der Waals surface area contributed by atoms with Crippen LogP contribution in [0.1, 0.15) is 35.2 Å². The van der Waals surface area contributed by atoms with Gasteiger partial charge in [-0.15, -0.1) is 0 Å². The molecule has 2 aromatic carbocycles. The lowest BCUT2D eigenvalue weighted by molar-refractivity contribution is 0.627. The number of nitrogens with zero attached hydrogens (tertiary/aromatic N) is 1. The summed E-state index contributed by atoms with van der Waals surface area (Å²) in [4.78, 5) is 2.13. The first-order valence-corrected chi connectivity index (χ1v) is 7.60. The normalized spacial score (nSPS) is 12.2. The van der Waals surface area contributed by atoms with E-state index in [1.807, 2.05) is 0 Å². The maximum Gasteiger partial charge on any atom is 0.0579 e. The highest BCUT2D eigenvalue weighted by Crippen LogP contribution is 2.27. The lowest BCUT2D eigenvalue weighted by Gasteiger charge is -2.22. The Kier molecular flexibility index (Phi) is 5.03. The first-order chi connectivity index (χ1) is 10.0. The Morgan fingerprint density at radius 1 is 1.00 bits per heavy atom. The third-order valence-electron chi connectivity index (χ3n) is 3.90. The van der Waals surface area contributed by atoms with E-state index in [2.05, 4.69) is 87.5 Å². The molecule has 1 N–H and O–H groups in total. The minimum atomic E-state index is 0.256. The van der Waals surface area contributed by atoms with Crippen molar-refractivity contribution in [1.82, 2.24) is 5.32 Å². The molecule has 0 spiro atoms. The van der Waals surface area contributed by atoms with E-state index in [0.29, 0.717) is 0 Å². The predicted octanol–water partition coefficient (Wildman–Crippen LogP) is 4.07. The zero-order valence-electron chi connectivity index (χ0n) is 13.8. The van der Waals surface area contributed by atoms with Gasteiger partial charge in [0.1, 0.15) is 0 Å². The van der Waals surface area contributed by atoms with Crippen LogP contribution in [0.15, 0.2) is 42.5 Å². The molecule has 2 nitrogen and oxygen atoms in total. The molecule has 2 rings (SSSR count). The summed E-state index contributed by atoms with van der Waals surface area (Å²) in [6.45, 7) is 7.45. The van der Waals surface area contributed by atoms with E-state index < -0.39 is 0 Å². The number of benzene rings is 2. The Hall–Kier alpha value is -1.80. The van der Waals surface area contributed by atoms with E-state index in [1.54, 1.807) is 0 Å². The van der Waals surface area contributed by atoms with Crippen molar-refractivity contribution in [3.05, 3.63) is 64.7 Å². The number of hydrogen-bond donors (Lipinski definition) is 1. The molecule has 0 fully saturated rings. The molecular weight excluding hydrogens is 256 g/mol. The second kappa shape index (κ2) is 6.77. The van der Waals surface area contributed by atoms with Crippen LogP contribution in [0.3, 0.4) is 0 Å². The molecule has 112 valence electrons. The van der Waals surface area contributed by atoms with E-state index >= 15 is 0 Å². The van der Waals surface area contributed by atoms with Crippen LogP contribution in [0.4, 0.5) is 5.69 Å². The lowest BCUT2D eigenvalue weighted by Crippen LogP contribution is -2.23. The quantitative estimate of drug-likeness (QED) is 0.889. The van der Waals surface area contributed by atoms with Gasteiger partial charge in [-0.3, -0.25) is 0 Å². The van der Waals surface area contributed by atoms with E-state index in [9.17, 15) is 0 Å². The van der Waals surface area contributed by atoms with Crippen molar-refractivity contribution in [2.75, 3.05) is 25.5 Å². The van der Waals surface area contributed by atoms with Gasteiger partial charge >= 0.3 is 0 Å². The molecule has 21 heavy (non-hydrogen) atoms. The highest BCUT2D eigenvalue weighted by Gasteiger charge is 2.15. The van der Waals surface area contributed by atoms with Gasteiger partial charge in [0, 0.05) is 19.8 Å². The first-order valence-electron chi connectivity index (χ1n) is 7.60. The molecule has 0 aliphatic carbocycles. The highest BCUT2D eigenvalue weighted by atomic mass is 15.1. The number of aryl methyl sites for hydroxylation is 2. The number of rotatable bonds is 5. The summed E-state index contributed by atoms with van der Waals surface area (Å²) >= 11 is 0. The van der Waals surface area contributed by atoms with Crippen molar-refractivity contribution in [3.8, 4) is 0 Å². The van der Waals surface area contributed by atoms with Crippen molar-refractivity contribution in [3.63, 3.8) is 0 Å². The molecule has 2 heteroatoms. The Morgan fingerprint density at radius 2 is 1.67 bits per heavy atom. The van der Waals surface area contributed by atoms with E-state index in [0.717, 1.165) is 6.54 Å². The Labute approximate surface area is 128 Å². The van der Waals surface area contributed by atoms with Crippen LogP contribution < -0.4 is 10.2 Å². The summed E-state index contributed by atoms with van der Waals surface area (Å²) in [7, 11) is 4.14. The maximum absolute atomic E-state index is 3.62. The van der Waals surface area contributed by atoms with Crippen LogP contribution in [0.2, 0.25) is 0 Å². The molecule has 0 saturated heterocycles. The van der Waals surface area contributed by atoms with Crippen LogP contribution in [-0.4, -0.2) is 20.6 Å². The molecular formula is C19H26N2. The number of nitrogens with one attached hydrogen (secondary N) is 1. The summed E-state index contributed by atoms with van der Waals surface area (Å²) in [5.41, 5.74) is 6.56. The molecule has 0 bridgehead atoms. The van der Waals surface area contributed by atoms with E-state index in [4.69, 9.17) is 0 Å². The molecule has 1 unspecified atom stereocenters. The van der Waals surface area contributed by atoms with Gasteiger partial charge in [-0.1, -0.05) is 42.8 Å². The Bertz CT molecular complexity index is 585. The van der Waals surface area contributed by atoms with Crippen LogP contribution in [0.5, 0.6) is 0 Å². The predicted molar refractivity (Wildman–Crippen MR) is 92.2 cm³/mol. The summed E-state index contributed by atoms with van der Waals surface area (Å²) in [6.07, 6.45) is 0. The van der Waals surface area contributed by atoms with Crippen LogP contribution in [0, 0.1) is 13.8 Å². The van der Waals surface area contributed by atoms with Gasteiger partial charge < -0.3 is 10.2 Å². The number of anilines is 1. The Morgan fingerprint density at radius 3 is 2.24 bits per heavy atom. The smallest absolute Gasteiger partial charge is 0.0579 e. The largest absolute Gasteiger partial charge is 0.378 e. The van der Waals surface area contributed by atoms with Gasteiger partial charge in [-0.25, -0.2) is 0 Å². The van der Waals surface area contributed by atoms with Crippen molar-refractivity contribution in [2.45, 2.75) is 26.8 Å². The first kappa shape index (κ1) is 15.6. The van der Waals surface area contributed by atoms with E-state index in [-0.39, 0.29) is 6.04 Å². The molecule has 0 aromatic heterocycles. The zero-order chi connectivity index (χ0) is 15.4. The summed E-state index contributed by atoms with van der Waals surface area (Å²) in [5.74, 6) is 0. The van der Waals surface area contributed by atoms with E-state index in [1.165, 1.54) is 27.9 Å². The molecule has 0 aliphatic rings.